The van der Waals surface area contributed by atoms with Crippen molar-refractivity contribution >= 4 is 17.1 Å². The molecule has 0 aliphatic heterocycles. The van der Waals surface area contributed by atoms with E-state index in [4.69, 9.17) is 10.5 Å². The molecule has 3 aromatic rings. The Hall–Kier alpha value is -3.03. The Morgan fingerprint density at radius 2 is 2.10 bits per heavy atom. The zero-order chi connectivity index (χ0) is 14.1. The molecule has 0 fully saturated rings. The van der Waals surface area contributed by atoms with Crippen LogP contribution < -0.4 is 10.5 Å². The van der Waals surface area contributed by atoms with Crippen LogP contribution in [0.5, 0.6) is 11.8 Å². The van der Waals surface area contributed by atoms with E-state index in [0.29, 0.717) is 5.39 Å². The van der Waals surface area contributed by atoms with Crippen LogP contribution in [0, 0.1) is 5.82 Å². The van der Waals surface area contributed by atoms with Gasteiger partial charge in [0.2, 0.25) is 0 Å². The van der Waals surface area contributed by atoms with E-state index in [1.165, 1.54) is 30.6 Å². The minimum Gasteiger partial charge on any atom is -0.421 e. The third kappa shape index (κ3) is 2.03. The van der Waals surface area contributed by atoms with Crippen LogP contribution >= 0.6 is 0 Å². The van der Waals surface area contributed by atoms with Crippen LogP contribution in [0.3, 0.4) is 0 Å². The summed E-state index contributed by atoms with van der Waals surface area (Å²) in [6, 6.07) is 4.95. The molecule has 0 aliphatic carbocycles. The number of aromatic nitrogens is 4. The average molecular weight is 273 g/mol. The van der Waals surface area contributed by atoms with Gasteiger partial charge in [0.15, 0.2) is 17.2 Å². The third-order valence-corrected chi connectivity index (χ3v) is 2.53. The highest BCUT2D eigenvalue weighted by Crippen LogP contribution is 2.22. The van der Waals surface area contributed by atoms with Gasteiger partial charge < -0.3 is 10.5 Å². The molecule has 2 aromatic heterocycles. The second-order valence-corrected chi connectivity index (χ2v) is 3.86. The van der Waals surface area contributed by atoms with Crippen molar-refractivity contribution in [3.8, 4) is 11.8 Å². The molecule has 0 aliphatic rings. The second-order valence-electron chi connectivity index (χ2n) is 3.86. The van der Waals surface area contributed by atoms with Gasteiger partial charge in [0.1, 0.15) is 0 Å². The van der Waals surface area contributed by atoms with Crippen LogP contribution in [-0.2, 0) is 0 Å². The van der Waals surface area contributed by atoms with Gasteiger partial charge in [-0.25, -0.2) is 14.2 Å². The van der Waals surface area contributed by atoms with Gasteiger partial charge in [-0.1, -0.05) is 12.1 Å². The molecule has 7 nitrogen and oxygen atoms in total. The van der Waals surface area contributed by atoms with Crippen LogP contribution in [0.4, 0.5) is 9.18 Å². The monoisotopic (exact) mass is 273 g/mol. The Labute approximate surface area is 111 Å². The summed E-state index contributed by atoms with van der Waals surface area (Å²) in [7, 11) is 0. The Morgan fingerprint density at radius 3 is 2.85 bits per heavy atom. The minimum absolute atomic E-state index is 0.0167. The molecule has 20 heavy (non-hydrogen) atoms. The molecule has 2 N–H and O–H groups in total. The predicted molar refractivity (Wildman–Crippen MR) is 66.8 cm³/mol. The van der Waals surface area contributed by atoms with Gasteiger partial charge in [-0.05, 0) is 12.1 Å². The summed E-state index contributed by atoms with van der Waals surface area (Å²) >= 11 is 0. The van der Waals surface area contributed by atoms with E-state index in [0.717, 1.165) is 4.68 Å². The highest BCUT2D eigenvalue weighted by molar-refractivity contribution is 5.86. The molecule has 0 saturated heterocycles. The molecule has 0 bridgehead atoms. The Morgan fingerprint density at radius 1 is 1.30 bits per heavy atom. The minimum atomic E-state index is -0.782. The standard InChI is InChI=1S/C12H8FN5O2/c13-8-3-1-2-4-9(8)20-12-15-5-7-6-16-18(11(14)19)10(7)17-12/h1-6H,(H2,14,19). The van der Waals surface area contributed by atoms with Crippen LogP contribution in [0.2, 0.25) is 0 Å². The molecular weight excluding hydrogens is 265 g/mol. The number of carbonyl (C=O) groups is 1. The molecule has 0 atom stereocenters. The number of hydrogen-bond acceptors (Lipinski definition) is 5. The van der Waals surface area contributed by atoms with Crippen molar-refractivity contribution in [2.75, 3.05) is 0 Å². The van der Waals surface area contributed by atoms with E-state index < -0.39 is 11.8 Å². The van der Waals surface area contributed by atoms with Crippen molar-refractivity contribution in [3.63, 3.8) is 0 Å². The van der Waals surface area contributed by atoms with Gasteiger partial charge in [-0.2, -0.15) is 14.8 Å². The quantitative estimate of drug-likeness (QED) is 0.766. The molecule has 8 heteroatoms. The largest absolute Gasteiger partial charge is 0.421 e. The zero-order valence-electron chi connectivity index (χ0n) is 10.0. The molecule has 1 amide bonds. The number of hydrogen-bond donors (Lipinski definition) is 1. The van der Waals surface area contributed by atoms with Gasteiger partial charge in [0.25, 0.3) is 0 Å². The molecular formula is C12H8FN5O2. The lowest BCUT2D eigenvalue weighted by atomic mass is 10.3. The van der Waals surface area contributed by atoms with E-state index >= 15 is 0 Å². The molecule has 0 radical (unpaired) electrons. The van der Waals surface area contributed by atoms with Crippen molar-refractivity contribution in [1.82, 2.24) is 19.7 Å². The van der Waals surface area contributed by atoms with Crippen molar-refractivity contribution in [2.45, 2.75) is 0 Å². The number of para-hydroxylation sites is 1. The number of rotatable bonds is 2. The number of benzene rings is 1. The van der Waals surface area contributed by atoms with Crippen LogP contribution in [0.25, 0.3) is 11.0 Å². The first kappa shape index (κ1) is 12.0. The van der Waals surface area contributed by atoms with E-state index in [1.54, 1.807) is 6.07 Å². The van der Waals surface area contributed by atoms with Gasteiger partial charge in [-0.15, -0.1) is 0 Å². The molecule has 1 aromatic carbocycles. The number of primary amides is 1. The predicted octanol–water partition coefficient (Wildman–Crippen LogP) is 1.68. The topological polar surface area (TPSA) is 95.9 Å². The first-order valence-corrected chi connectivity index (χ1v) is 5.58. The van der Waals surface area contributed by atoms with E-state index in [1.807, 2.05) is 0 Å². The number of nitrogens with two attached hydrogens (primary N) is 1. The average Bonchev–Trinajstić information content (AvgIpc) is 2.84. The number of fused-ring (bicyclic) bond motifs is 1. The molecule has 2 heterocycles. The lowest BCUT2D eigenvalue weighted by molar-refractivity contribution is 0.248. The number of ether oxygens (including phenoxy) is 1. The van der Waals surface area contributed by atoms with Gasteiger partial charge in [0, 0.05) is 6.20 Å². The maximum atomic E-state index is 13.5. The van der Waals surface area contributed by atoms with Crippen LogP contribution in [0.15, 0.2) is 36.7 Å². The first-order chi connectivity index (χ1) is 9.65. The Balaban J connectivity index is 2.02. The van der Waals surface area contributed by atoms with Crippen molar-refractivity contribution in [2.24, 2.45) is 5.73 Å². The van der Waals surface area contributed by atoms with E-state index in [-0.39, 0.29) is 17.4 Å². The Kier molecular flexibility index (Phi) is 2.75. The fraction of sp³-hybridized carbons (Fsp3) is 0. The maximum Gasteiger partial charge on any atom is 0.341 e. The number of halogens is 1. The van der Waals surface area contributed by atoms with Gasteiger partial charge in [-0.3, -0.25) is 0 Å². The second kappa shape index (κ2) is 4.57. The molecule has 3 rings (SSSR count). The third-order valence-electron chi connectivity index (χ3n) is 2.53. The molecule has 0 spiro atoms. The summed E-state index contributed by atoms with van der Waals surface area (Å²) in [5, 5.41) is 4.29. The lowest BCUT2D eigenvalue weighted by Gasteiger charge is -2.04. The lowest BCUT2D eigenvalue weighted by Crippen LogP contribution is -2.20. The summed E-state index contributed by atoms with van der Waals surface area (Å²) < 4.78 is 19.6. The summed E-state index contributed by atoms with van der Waals surface area (Å²) in [6.07, 6.45) is 2.80. The number of carbonyl (C=O) groups excluding carboxylic acids is 1. The highest BCUT2D eigenvalue weighted by atomic mass is 19.1. The fourth-order valence-electron chi connectivity index (χ4n) is 1.64. The molecule has 0 saturated carbocycles. The maximum absolute atomic E-state index is 13.5. The first-order valence-electron chi connectivity index (χ1n) is 5.58. The van der Waals surface area contributed by atoms with E-state index in [2.05, 4.69) is 15.1 Å². The van der Waals surface area contributed by atoms with Crippen LogP contribution in [0.1, 0.15) is 0 Å². The van der Waals surface area contributed by atoms with Gasteiger partial charge >= 0.3 is 12.0 Å². The molecule has 100 valence electrons. The summed E-state index contributed by atoms with van der Waals surface area (Å²) in [5.74, 6) is -0.559. The number of nitrogens with zero attached hydrogens (tertiary/aromatic N) is 4. The summed E-state index contributed by atoms with van der Waals surface area (Å²) in [5.41, 5.74) is 5.34. The summed E-state index contributed by atoms with van der Waals surface area (Å²) in [4.78, 5) is 19.1. The van der Waals surface area contributed by atoms with Crippen LogP contribution in [-0.4, -0.2) is 25.8 Å². The van der Waals surface area contributed by atoms with Crippen molar-refractivity contribution in [3.05, 3.63) is 42.5 Å². The normalized spacial score (nSPS) is 10.7. The smallest absolute Gasteiger partial charge is 0.341 e. The summed E-state index contributed by atoms with van der Waals surface area (Å²) in [6.45, 7) is 0. The zero-order valence-corrected chi connectivity index (χ0v) is 10.0. The fourth-order valence-corrected chi connectivity index (χ4v) is 1.64. The molecule has 0 unspecified atom stereocenters. The highest BCUT2D eigenvalue weighted by Gasteiger charge is 2.12. The Bertz CT molecular complexity index is 801. The van der Waals surface area contributed by atoms with Crippen molar-refractivity contribution in [1.29, 1.82) is 0 Å². The SMILES string of the molecule is NC(=O)n1ncc2cnc(Oc3ccccc3F)nc21. The van der Waals surface area contributed by atoms with E-state index in [9.17, 15) is 9.18 Å². The number of amides is 1. The van der Waals surface area contributed by atoms with Gasteiger partial charge in [0.05, 0.1) is 11.6 Å². The van der Waals surface area contributed by atoms with Crippen molar-refractivity contribution < 1.29 is 13.9 Å².